The number of nitro groups is 1. The van der Waals surface area contributed by atoms with Crippen LogP contribution in [0.1, 0.15) is 19.8 Å². The number of anilines is 1. The fourth-order valence-corrected chi connectivity index (χ4v) is 2.35. The quantitative estimate of drug-likeness (QED) is 0.643. The monoisotopic (exact) mass is 266 g/mol. The van der Waals surface area contributed by atoms with Crippen molar-refractivity contribution in [3.63, 3.8) is 0 Å². The van der Waals surface area contributed by atoms with Crippen molar-refractivity contribution in [2.24, 2.45) is 5.92 Å². The molecule has 2 unspecified atom stereocenters. The van der Waals surface area contributed by atoms with E-state index in [9.17, 15) is 20.0 Å². The first-order chi connectivity index (χ1) is 9.00. The standard InChI is InChI=1S/C11H14N4O4/c1-7-3-2-4-14(9(7)10(16)17)11-12-5-8(6-13-11)15(18)19/h5-7,9H,2-4H2,1H3,(H,16,17). The zero-order chi connectivity index (χ0) is 14.0. The van der Waals surface area contributed by atoms with E-state index in [2.05, 4.69) is 9.97 Å². The van der Waals surface area contributed by atoms with Crippen LogP contribution in [-0.2, 0) is 4.79 Å². The van der Waals surface area contributed by atoms with Crippen molar-refractivity contribution in [2.45, 2.75) is 25.8 Å². The maximum absolute atomic E-state index is 11.3. The predicted octanol–water partition coefficient (Wildman–Crippen LogP) is 1.07. The summed E-state index contributed by atoms with van der Waals surface area (Å²) in [6.07, 6.45) is 3.88. The third-order valence-electron chi connectivity index (χ3n) is 3.28. The number of rotatable bonds is 3. The molecular weight excluding hydrogens is 252 g/mol. The molecule has 1 N–H and O–H groups in total. The minimum absolute atomic E-state index is 0.00922. The van der Waals surface area contributed by atoms with Crippen LogP contribution in [-0.4, -0.2) is 38.6 Å². The number of aliphatic carboxylic acids is 1. The molecule has 1 aliphatic heterocycles. The summed E-state index contributed by atoms with van der Waals surface area (Å²) in [5, 5.41) is 19.8. The van der Waals surface area contributed by atoms with E-state index in [1.165, 1.54) is 0 Å². The van der Waals surface area contributed by atoms with E-state index >= 15 is 0 Å². The SMILES string of the molecule is CC1CCCN(c2ncc([N+](=O)[O-])cn2)C1C(=O)O. The van der Waals surface area contributed by atoms with Crippen molar-refractivity contribution in [3.8, 4) is 0 Å². The molecule has 1 aromatic rings. The van der Waals surface area contributed by atoms with E-state index in [0.717, 1.165) is 25.2 Å². The maximum Gasteiger partial charge on any atom is 0.326 e. The lowest BCUT2D eigenvalue weighted by Crippen LogP contribution is -2.50. The first-order valence-corrected chi connectivity index (χ1v) is 5.96. The lowest BCUT2D eigenvalue weighted by Gasteiger charge is -2.37. The smallest absolute Gasteiger partial charge is 0.326 e. The summed E-state index contributed by atoms with van der Waals surface area (Å²) >= 11 is 0. The van der Waals surface area contributed by atoms with E-state index in [-0.39, 0.29) is 17.6 Å². The first-order valence-electron chi connectivity index (χ1n) is 5.96. The van der Waals surface area contributed by atoms with Crippen LogP contribution in [0.5, 0.6) is 0 Å². The number of piperidine rings is 1. The number of nitrogens with zero attached hydrogens (tertiary/aromatic N) is 4. The second kappa shape index (κ2) is 5.17. The van der Waals surface area contributed by atoms with Gasteiger partial charge in [-0.1, -0.05) is 6.92 Å². The van der Waals surface area contributed by atoms with Crippen LogP contribution in [0, 0.1) is 16.0 Å². The van der Waals surface area contributed by atoms with Crippen molar-refractivity contribution >= 4 is 17.6 Å². The minimum atomic E-state index is -0.922. The van der Waals surface area contributed by atoms with Crippen molar-refractivity contribution in [1.29, 1.82) is 0 Å². The molecule has 0 saturated carbocycles. The number of aromatic nitrogens is 2. The molecule has 0 aliphatic carbocycles. The summed E-state index contributed by atoms with van der Waals surface area (Å²) in [6.45, 7) is 2.41. The molecule has 1 saturated heterocycles. The molecule has 0 aromatic carbocycles. The van der Waals surface area contributed by atoms with Gasteiger partial charge in [-0.25, -0.2) is 14.8 Å². The van der Waals surface area contributed by atoms with Gasteiger partial charge in [0, 0.05) is 6.54 Å². The molecule has 2 atom stereocenters. The molecule has 0 bridgehead atoms. The fourth-order valence-electron chi connectivity index (χ4n) is 2.35. The van der Waals surface area contributed by atoms with E-state index in [0.29, 0.717) is 6.54 Å². The number of hydrogen-bond acceptors (Lipinski definition) is 6. The van der Waals surface area contributed by atoms with Gasteiger partial charge in [-0.15, -0.1) is 0 Å². The van der Waals surface area contributed by atoms with Crippen molar-refractivity contribution in [2.75, 3.05) is 11.4 Å². The number of carboxylic acid groups (broad SMARTS) is 1. The molecule has 0 spiro atoms. The van der Waals surface area contributed by atoms with Gasteiger partial charge in [0.25, 0.3) is 0 Å². The zero-order valence-corrected chi connectivity index (χ0v) is 10.4. The Morgan fingerprint density at radius 3 is 2.68 bits per heavy atom. The van der Waals surface area contributed by atoms with Gasteiger partial charge < -0.3 is 10.0 Å². The minimum Gasteiger partial charge on any atom is -0.480 e. The summed E-state index contributed by atoms with van der Waals surface area (Å²) in [7, 11) is 0. The highest BCUT2D eigenvalue weighted by Crippen LogP contribution is 2.26. The Balaban J connectivity index is 2.27. The second-order valence-corrected chi connectivity index (χ2v) is 4.59. The van der Waals surface area contributed by atoms with Gasteiger partial charge in [-0.05, 0) is 18.8 Å². The van der Waals surface area contributed by atoms with Gasteiger partial charge >= 0.3 is 11.7 Å². The molecule has 2 rings (SSSR count). The van der Waals surface area contributed by atoms with Crippen LogP contribution >= 0.6 is 0 Å². The lowest BCUT2D eigenvalue weighted by atomic mass is 9.91. The highest BCUT2D eigenvalue weighted by molar-refractivity contribution is 5.78. The van der Waals surface area contributed by atoms with E-state index in [4.69, 9.17) is 0 Å². The number of carboxylic acids is 1. The molecule has 8 heteroatoms. The highest BCUT2D eigenvalue weighted by atomic mass is 16.6. The van der Waals surface area contributed by atoms with Crippen molar-refractivity contribution in [3.05, 3.63) is 22.5 Å². The molecule has 1 aromatic heterocycles. The van der Waals surface area contributed by atoms with Crippen molar-refractivity contribution in [1.82, 2.24) is 9.97 Å². The van der Waals surface area contributed by atoms with Crippen molar-refractivity contribution < 1.29 is 14.8 Å². The Morgan fingerprint density at radius 2 is 2.16 bits per heavy atom. The Labute approximate surface area is 109 Å². The van der Waals surface area contributed by atoms with Crippen LogP contribution in [0.15, 0.2) is 12.4 Å². The Bertz CT molecular complexity index is 490. The molecule has 0 radical (unpaired) electrons. The average Bonchev–Trinajstić information content (AvgIpc) is 2.38. The number of carbonyl (C=O) groups is 1. The predicted molar refractivity (Wildman–Crippen MR) is 65.9 cm³/mol. The molecule has 1 aliphatic rings. The summed E-state index contributed by atoms with van der Waals surface area (Å²) in [6, 6.07) is -0.685. The van der Waals surface area contributed by atoms with Crippen LogP contribution in [0.3, 0.4) is 0 Å². The van der Waals surface area contributed by atoms with Gasteiger partial charge in [0.2, 0.25) is 5.95 Å². The van der Waals surface area contributed by atoms with Gasteiger partial charge in [0.1, 0.15) is 18.4 Å². The molecular formula is C11H14N4O4. The van der Waals surface area contributed by atoms with Gasteiger partial charge in [0.15, 0.2) is 0 Å². The Hall–Kier alpha value is -2.25. The van der Waals surface area contributed by atoms with E-state index < -0.39 is 16.9 Å². The van der Waals surface area contributed by atoms with E-state index in [1.807, 2.05) is 6.92 Å². The Morgan fingerprint density at radius 1 is 1.53 bits per heavy atom. The summed E-state index contributed by atoms with van der Waals surface area (Å²) in [4.78, 5) is 30.7. The maximum atomic E-state index is 11.3. The molecule has 0 amide bonds. The fraction of sp³-hybridized carbons (Fsp3) is 0.545. The average molecular weight is 266 g/mol. The highest BCUT2D eigenvalue weighted by Gasteiger charge is 2.35. The lowest BCUT2D eigenvalue weighted by molar-refractivity contribution is -0.385. The third-order valence-corrected chi connectivity index (χ3v) is 3.28. The Kier molecular flexibility index (Phi) is 3.59. The van der Waals surface area contributed by atoms with Gasteiger partial charge in [0.05, 0.1) is 4.92 Å². The molecule has 19 heavy (non-hydrogen) atoms. The summed E-state index contributed by atoms with van der Waals surface area (Å²) in [5.74, 6) is -0.705. The van der Waals surface area contributed by atoms with Crippen LogP contribution in [0.25, 0.3) is 0 Å². The van der Waals surface area contributed by atoms with Gasteiger partial charge in [-0.2, -0.15) is 0 Å². The summed E-state index contributed by atoms with van der Waals surface area (Å²) < 4.78 is 0. The van der Waals surface area contributed by atoms with E-state index in [1.54, 1.807) is 4.90 Å². The molecule has 8 nitrogen and oxygen atoms in total. The first kappa shape index (κ1) is 13.2. The van der Waals surface area contributed by atoms with Gasteiger partial charge in [-0.3, -0.25) is 10.1 Å². The topological polar surface area (TPSA) is 109 Å². The molecule has 102 valence electrons. The summed E-state index contributed by atoms with van der Waals surface area (Å²) in [5.41, 5.74) is -0.208. The van der Waals surface area contributed by atoms with Crippen LogP contribution in [0.2, 0.25) is 0 Å². The molecule has 2 heterocycles. The third kappa shape index (κ3) is 2.61. The zero-order valence-electron chi connectivity index (χ0n) is 10.4. The molecule has 1 fully saturated rings. The second-order valence-electron chi connectivity index (χ2n) is 4.59. The van der Waals surface area contributed by atoms with Crippen LogP contribution < -0.4 is 4.90 Å². The number of hydrogen-bond donors (Lipinski definition) is 1. The normalized spacial score (nSPS) is 23.1. The van der Waals surface area contributed by atoms with Crippen LogP contribution in [0.4, 0.5) is 11.6 Å². The largest absolute Gasteiger partial charge is 0.480 e.